The molecule has 23 heavy (non-hydrogen) atoms. The Bertz CT molecular complexity index is 728. The average Bonchev–Trinajstić information content (AvgIpc) is 2.53. The number of rotatable bonds is 3. The second kappa shape index (κ2) is 7.74. The highest BCUT2D eigenvalue weighted by atomic mass is 32.1. The van der Waals surface area contributed by atoms with E-state index in [4.69, 9.17) is 12.2 Å². The lowest BCUT2D eigenvalue weighted by atomic mass is 10.1. The van der Waals surface area contributed by atoms with Gasteiger partial charge in [0.05, 0.1) is 0 Å². The molecule has 0 spiro atoms. The Morgan fingerprint density at radius 3 is 2.57 bits per heavy atom. The van der Waals surface area contributed by atoms with Crippen molar-refractivity contribution in [2.24, 2.45) is 0 Å². The molecule has 0 aliphatic heterocycles. The van der Waals surface area contributed by atoms with Crippen LogP contribution in [0.15, 0.2) is 42.5 Å². The summed E-state index contributed by atoms with van der Waals surface area (Å²) in [5.74, 6) is -0.214. The van der Waals surface area contributed by atoms with Crippen LogP contribution in [0.5, 0.6) is 0 Å². The standard InChI is InChI=1S/C18H21N3OS/c1-4-14-6-5-7-15(11-14)19-18(23)21-20-17(22)16-9-8-12(2)10-13(16)3/h5-11H,4H2,1-3H3,(H,20,22)(H2,19,21,23). The number of hydrogen-bond acceptors (Lipinski definition) is 2. The van der Waals surface area contributed by atoms with Gasteiger partial charge in [0.2, 0.25) is 0 Å². The van der Waals surface area contributed by atoms with Gasteiger partial charge < -0.3 is 5.32 Å². The Morgan fingerprint density at radius 2 is 1.87 bits per heavy atom. The van der Waals surface area contributed by atoms with E-state index in [1.54, 1.807) is 0 Å². The topological polar surface area (TPSA) is 53.2 Å². The van der Waals surface area contributed by atoms with E-state index in [0.717, 1.165) is 23.2 Å². The van der Waals surface area contributed by atoms with E-state index in [0.29, 0.717) is 10.7 Å². The third-order valence-electron chi connectivity index (χ3n) is 3.51. The van der Waals surface area contributed by atoms with Crippen LogP contribution < -0.4 is 16.2 Å². The molecule has 0 atom stereocenters. The zero-order chi connectivity index (χ0) is 16.8. The van der Waals surface area contributed by atoms with Gasteiger partial charge in [0, 0.05) is 11.3 Å². The number of anilines is 1. The molecule has 0 radical (unpaired) electrons. The van der Waals surface area contributed by atoms with Crippen LogP contribution >= 0.6 is 12.2 Å². The smallest absolute Gasteiger partial charge is 0.269 e. The Kier molecular flexibility index (Phi) is 5.71. The van der Waals surface area contributed by atoms with Gasteiger partial charge in [-0.05, 0) is 61.8 Å². The molecule has 5 heteroatoms. The predicted molar refractivity (Wildman–Crippen MR) is 98.6 cm³/mol. The third-order valence-corrected chi connectivity index (χ3v) is 3.71. The van der Waals surface area contributed by atoms with Gasteiger partial charge in [-0.3, -0.25) is 15.6 Å². The lowest BCUT2D eigenvalue weighted by Crippen LogP contribution is -2.44. The van der Waals surface area contributed by atoms with Gasteiger partial charge in [0.15, 0.2) is 5.11 Å². The molecule has 2 rings (SSSR count). The van der Waals surface area contributed by atoms with Crippen LogP contribution in [0.25, 0.3) is 0 Å². The maximum atomic E-state index is 12.2. The first-order valence-corrected chi connectivity index (χ1v) is 7.94. The van der Waals surface area contributed by atoms with Gasteiger partial charge in [-0.1, -0.05) is 36.8 Å². The molecule has 0 bridgehead atoms. The molecule has 0 aliphatic rings. The molecule has 4 nitrogen and oxygen atoms in total. The van der Waals surface area contributed by atoms with Crippen LogP contribution in [-0.4, -0.2) is 11.0 Å². The monoisotopic (exact) mass is 327 g/mol. The number of carbonyl (C=O) groups excluding carboxylic acids is 1. The van der Waals surface area contributed by atoms with Crippen molar-refractivity contribution in [1.82, 2.24) is 10.9 Å². The fourth-order valence-corrected chi connectivity index (χ4v) is 2.45. The van der Waals surface area contributed by atoms with E-state index in [1.807, 2.05) is 50.2 Å². The third kappa shape index (κ3) is 4.79. The summed E-state index contributed by atoms with van der Waals surface area (Å²) in [5.41, 5.74) is 10.1. The van der Waals surface area contributed by atoms with Crippen LogP contribution in [-0.2, 0) is 6.42 Å². The molecule has 0 fully saturated rings. The minimum Gasteiger partial charge on any atom is -0.331 e. The van der Waals surface area contributed by atoms with Crippen molar-refractivity contribution in [3.05, 3.63) is 64.7 Å². The van der Waals surface area contributed by atoms with Crippen molar-refractivity contribution in [3.8, 4) is 0 Å². The van der Waals surface area contributed by atoms with E-state index in [9.17, 15) is 4.79 Å². The van der Waals surface area contributed by atoms with Crippen molar-refractivity contribution in [2.75, 3.05) is 5.32 Å². The van der Waals surface area contributed by atoms with Crippen molar-refractivity contribution >= 4 is 28.9 Å². The zero-order valence-corrected chi connectivity index (χ0v) is 14.4. The van der Waals surface area contributed by atoms with Gasteiger partial charge in [-0.2, -0.15) is 0 Å². The maximum Gasteiger partial charge on any atom is 0.269 e. The Balaban J connectivity index is 1.92. The van der Waals surface area contributed by atoms with E-state index in [-0.39, 0.29) is 5.91 Å². The molecule has 120 valence electrons. The van der Waals surface area contributed by atoms with Crippen LogP contribution in [0.4, 0.5) is 5.69 Å². The van der Waals surface area contributed by atoms with Crippen LogP contribution in [0, 0.1) is 13.8 Å². The first-order valence-electron chi connectivity index (χ1n) is 7.53. The maximum absolute atomic E-state index is 12.2. The number of hydrazine groups is 1. The predicted octanol–water partition coefficient (Wildman–Crippen LogP) is 3.50. The summed E-state index contributed by atoms with van der Waals surface area (Å²) in [6.45, 7) is 6.00. The number of aryl methyl sites for hydroxylation is 3. The van der Waals surface area contributed by atoms with Crippen molar-refractivity contribution < 1.29 is 4.79 Å². The Morgan fingerprint density at radius 1 is 1.09 bits per heavy atom. The Labute approximate surface area is 142 Å². The molecule has 3 N–H and O–H groups in total. The number of hydrogen-bond donors (Lipinski definition) is 3. The number of nitrogens with one attached hydrogen (secondary N) is 3. The Hall–Kier alpha value is -2.40. The highest BCUT2D eigenvalue weighted by Gasteiger charge is 2.09. The molecule has 1 amide bonds. The van der Waals surface area contributed by atoms with E-state index in [2.05, 4.69) is 29.2 Å². The van der Waals surface area contributed by atoms with Crippen molar-refractivity contribution in [2.45, 2.75) is 27.2 Å². The molecule has 0 heterocycles. The molecule has 2 aromatic rings. The minimum atomic E-state index is -0.214. The second-order valence-corrected chi connectivity index (χ2v) is 5.81. The van der Waals surface area contributed by atoms with Gasteiger partial charge in [0.1, 0.15) is 0 Å². The summed E-state index contributed by atoms with van der Waals surface area (Å²) in [5, 5.41) is 3.40. The van der Waals surface area contributed by atoms with Crippen LogP contribution in [0.3, 0.4) is 0 Å². The normalized spacial score (nSPS) is 10.0. The zero-order valence-electron chi connectivity index (χ0n) is 13.6. The summed E-state index contributed by atoms with van der Waals surface area (Å²) >= 11 is 5.20. The lowest BCUT2D eigenvalue weighted by molar-refractivity contribution is 0.0943. The SMILES string of the molecule is CCc1cccc(NC(=S)NNC(=O)c2ccc(C)cc2C)c1. The van der Waals surface area contributed by atoms with Gasteiger partial charge in [0.25, 0.3) is 5.91 Å². The minimum absolute atomic E-state index is 0.214. The van der Waals surface area contributed by atoms with E-state index in [1.165, 1.54) is 5.56 Å². The van der Waals surface area contributed by atoms with Gasteiger partial charge in [-0.25, -0.2) is 0 Å². The molecule has 2 aromatic carbocycles. The fraction of sp³-hybridized carbons (Fsp3) is 0.222. The molecule has 0 saturated heterocycles. The van der Waals surface area contributed by atoms with Crippen LogP contribution in [0.1, 0.15) is 34.0 Å². The largest absolute Gasteiger partial charge is 0.331 e. The number of amides is 1. The quantitative estimate of drug-likeness (QED) is 0.597. The summed E-state index contributed by atoms with van der Waals surface area (Å²) in [6, 6.07) is 13.7. The number of thiocarbonyl (C=S) groups is 1. The molecule has 0 aliphatic carbocycles. The van der Waals surface area contributed by atoms with Gasteiger partial charge in [-0.15, -0.1) is 0 Å². The van der Waals surface area contributed by atoms with Crippen LogP contribution in [0.2, 0.25) is 0 Å². The molecule has 0 saturated carbocycles. The van der Waals surface area contributed by atoms with E-state index < -0.39 is 0 Å². The van der Waals surface area contributed by atoms with Gasteiger partial charge >= 0.3 is 0 Å². The molecular formula is C18H21N3OS. The number of benzene rings is 2. The highest BCUT2D eigenvalue weighted by molar-refractivity contribution is 7.80. The summed E-state index contributed by atoms with van der Waals surface area (Å²) in [4.78, 5) is 12.2. The summed E-state index contributed by atoms with van der Waals surface area (Å²) < 4.78 is 0. The average molecular weight is 327 g/mol. The molecule has 0 aromatic heterocycles. The van der Waals surface area contributed by atoms with Crippen molar-refractivity contribution in [3.63, 3.8) is 0 Å². The first-order chi connectivity index (χ1) is 11.0. The molecular weight excluding hydrogens is 306 g/mol. The molecule has 0 unspecified atom stereocenters. The summed E-state index contributed by atoms with van der Waals surface area (Å²) in [6.07, 6.45) is 0.957. The first kappa shape index (κ1) is 17.0. The summed E-state index contributed by atoms with van der Waals surface area (Å²) in [7, 11) is 0. The number of carbonyl (C=O) groups is 1. The van der Waals surface area contributed by atoms with Crippen molar-refractivity contribution in [1.29, 1.82) is 0 Å². The van der Waals surface area contributed by atoms with E-state index >= 15 is 0 Å². The lowest BCUT2D eigenvalue weighted by Gasteiger charge is -2.13. The fourth-order valence-electron chi connectivity index (χ4n) is 2.28. The highest BCUT2D eigenvalue weighted by Crippen LogP contribution is 2.11. The second-order valence-electron chi connectivity index (χ2n) is 5.41.